The first-order valence-electron chi connectivity index (χ1n) is 9.37. The molecule has 0 aromatic heterocycles. The van der Waals surface area contributed by atoms with Gasteiger partial charge in [0.25, 0.3) is 0 Å². The molecule has 0 spiro atoms. The maximum absolute atomic E-state index is 12.0. The Morgan fingerprint density at radius 2 is 1.48 bits per heavy atom. The highest BCUT2D eigenvalue weighted by molar-refractivity contribution is 5.75. The fourth-order valence-corrected chi connectivity index (χ4v) is 3.86. The zero-order chi connectivity index (χ0) is 18.9. The van der Waals surface area contributed by atoms with Crippen molar-refractivity contribution in [1.29, 1.82) is 0 Å². The van der Waals surface area contributed by atoms with Crippen molar-refractivity contribution in [3.8, 4) is 0 Å². The SMILES string of the molecule is COC(=O)C1O[C@H](OCC2O[C@H](O)C(C)[C@@H](C)[C@@H]2C)C(C)[C@@H](C)[C@@H]1C. The number of esters is 1. The Hall–Kier alpha value is -0.690. The van der Waals surface area contributed by atoms with Gasteiger partial charge in [0.05, 0.1) is 19.8 Å². The van der Waals surface area contributed by atoms with Crippen LogP contribution in [0, 0.1) is 35.5 Å². The summed E-state index contributed by atoms with van der Waals surface area (Å²) in [7, 11) is 1.37. The zero-order valence-corrected chi connectivity index (χ0v) is 16.5. The van der Waals surface area contributed by atoms with Crippen molar-refractivity contribution in [2.75, 3.05) is 13.7 Å². The molecule has 2 aliphatic heterocycles. The van der Waals surface area contributed by atoms with Crippen molar-refractivity contribution in [2.24, 2.45) is 35.5 Å². The molecule has 146 valence electrons. The highest BCUT2D eigenvalue weighted by Crippen LogP contribution is 2.38. The van der Waals surface area contributed by atoms with Crippen molar-refractivity contribution >= 4 is 5.97 Å². The van der Waals surface area contributed by atoms with Crippen LogP contribution in [0.5, 0.6) is 0 Å². The summed E-state index contributed by atoms with van der Waals surface area (Å²) in [5, 5.41) is 10.1. The first-order valence-corrected chi connectivity index (χ1v) is 9.37. The van der Waals surface area contributed by atoms with Crippen LogP contribution in [0.25, 0.3) is 0 Å². The van der Waals surface area contributed by atoms with Crippen LogP contribution in [0.15, 0.2) is 0 Å². The van der Waals surface area contributed by atoms with E-state index < -0.39 is 18.7 Å². The smallest absolute Gasteiger partial charge is 0.335 e. The highest BCUT2D eigenvalue weighted by Gasteiger charge is 2.44. The summed E-state index contributed by atoms with van der Waals surface area (Å²) < 4.78 is 22.5. The molecule has 25 heavy (non-hydrogen) atoms. The summed E-state index contributed by atoms with van der Waals surface area (Å²) in [6.07, 6.45) is -2.07. The molecular formula is C19H34O6. The van der Waals surface area contributed by atoms with Gasteiger partial charge in [0.2, 0.25) is 0 Å². The number of hydrogen-bond donors (Lipinski definition) is 1. The van der Waals surface area contributed by atoms with Crippen LogP contribution < -0.4 is 0 Å². The van der Waals surface area contributed by atoms with Gasteiger partial charge in [-0.05, 0) is 23.7 Å². The van der Waals surface area contributed by atoms with Gasteiger partial charge < -0.3 is 24.1 Å². The molecular weight excluding hydrogens is 324 g/mol. The van der Waals surface area contributed by atoms with E-state index in [0.717, 1.165) is 0 Å². The van der Waals surface area contributed by atoms with Crippen molar-refractivity contribution < 1.29 is 28.8 Å². The Bertz CT molecular complexity index is 455. The van der Waals surface area contributed by atoms with Gasteiger partial charge in [-0.3, -0.25) is 0 Å². The second-order valence-electron chi connectivity index (χ2n) is 8.00. The lowest BCUT2D eigenvalue weighted by Gasteiger charge is -2.44. The van der Waals surface area contributed by atoms with E-state index in [9.17, 15) is 9.90 Å². The Morgan fingerprint density at radius 1 is 0.880 bits per heavy atom. The molecule has 2 fully saturated rings. The van der Waals surface area contributed by atoms with Gasteiger partial charge in [-0.1, -0.05) is 41.5 Å². The van der Waals surface area contributed by atoms with Crippen LogP contribution >= 0.6 is 0 Å². The van der Waals surface area contributed by atoms with Crippen LogP contribution in [0.2, 0.25) is 0 Å². The van der Waals surface area contributed by atoms with E-state index in [0.29, 0.717) is 12.5 Å². The average molecular weight is 358 g/mol. The van der Waals surface area contributed by atoms with Gasteiger partial charge in [0.1, 0.15) is 0 Å². The number of hydrogen-bond acceptors (Lipinski definition) is 6. The summed E-state index contributed by atoms with van der Waals surface area (Å²) in [6, 6.07) is 0. The number of carbonyl (C=O) groups is 1. The average Bonchev–Trinajstić information content (AvgIpc) is 2.60. The third kappa shape index (κ3) is 4.18. The largest absolute Gasteiger partial charge is 0.467 e. The highest BCUT2D eigenvalue weighted by atomic mass is 16.7. The predicted octanol–water partition coefficient (Wildman–Crippen LogP) is 2.43. The van der Waals surface area contributed by atoms with E-state index >= 15 is 0 Å². The summed E-state index contributed by atoms with van der Waals surface area (Å²) >= 11 is 0. The maximum atomic E-state index is 12.0. The van der Waals surface area contributed by atoms with Gasteiger partial charge in [-0.15, -0.1) is 0 Å². The second kappa shape index (κ2) is 8.33. The first-order chi connectivity index (χ1) is 11.7. The molecule has 0 aromatic rings. The van der Waals surface area contributed by atoms with Crippen LogP contribution in [-0.4, -0.2) is 49.6 Å². The molecule has 2 rings (SSSR count). The van der Waals surface area contributed by atoms with Gasteiger partial charge in [-0.2, -0.15) is 0 Å². The van der Waals surface area contributed by atoms with Gasteiger partial charge in [0, 0.05) is 11.8 Å². The summed E-state index contributed by atoms with van der Waals surface area (Å²) in [4.78, 5) is 12.0. The van der Waals surface area contributed by atoms with E-state index in [1.54, 1.807) is 0 Å². The number of carbonyl (C=O) groups excluding carboxylic acids is 1. The molecule has 0 aliphatic carbocycles. The number of aliphatic hydroxyl groups is 1. The van der Waals surface area contributed by atoms with Crippen LogP contribution in [0.3, 0.4) is 0 Å². The molecule has 0 saturated carbocycles. The minimum Gasteiger partial charge on any atom is -0.467 e. The molecule has 0 bridgehead atoms. The quantitative estimate of drug-likeness (QED) is 0.778. The second-order valence-corrected chi connectivity index (χ2v) is 8.00. The van der Waals surface area contributed by atoms with Gasteiger partial charge in [-0.25, -0.2) is 4.79 Å². The third-order valence-electron chi connectivity index (χ3n) is 6.71. The molecule has 6 heteroatoms. The molecule has 6 nitrogen and oxygen atoms in total. The Labute approximate surface area is 151 Å². The minimum atomic E-state index is -0.772. The lowest BCUT2D eigenvalue weighted by Crippen LogP contribution is -2.51. The van der Waals surface area contributed by atoms with Crippen LogP contribution in [0.4, 0.5) is 0 Å². The zero-order valence-electron chi connectivity index (χ0n) is 16.5. The molecule has 0 aromatic carbocycles. The fourth-order valence-electron chi connectivity index (χ4n) is 3.86. The lowest BCUT2D eigenvalue weighted by atomic mass is 9.78. The third-order valence-corrected chi connectivity index (χ3v) is 6.71. The van der Waals surface area contributed by atoms with E-state index in [-0.39, 0.29) is 41.7 Å². The van der Waals surface area contributed by atoms with Crippen molar-refractivity contribution in [3.63, 3.8) is 0 Å². The molecule has 0 amide bonds. The molecule has 2 saturated heterocycles. The maximum Gasteiger partial charge on any atom is 0.335 e. The fraction of sp³-hybridized carbons (Fsp3) is 0.947. The van der Waals surface area contributed by atoms with Crippen molar-refractivity contribution in [2.45, 2.75) is 66.3 Å². The van der Waals surface area contributed by atoms with Gasteiger partial charge >= 0.3 is 5.97 Å². The van der Waals surface area contributed by atoms with Crippen molar-refractivity contribution in [3.05, 3.63) is 0 Å². The predicted molar refractivity (Wildman–Crippen MR) is 92.5 cm³/mol. The van der Waals surface area contributed by atoms with Gasteiger partial charge in [0.15, 0.2) is 18.7 Å². The van der Waals surface area contributed by atoms with Crippen LogP contribution in [0.1, 0.15) is 41.5 Å². The molecule has 2 heterocycles. The first kappa shape index (κ1) is 20.6. The Balaban J connectivity index is 2.00. The minimum absolute atomic E-state index is 0.0647. The summed E-state index contributed by atoms with van der Waals surface area (Å²) in [6.45, 7) is 12.8. The van der Waals surface area contributed by atoms with E-state index in [1.807, 2.05) is 13.8 Å². The number of rotatable bonds is 4. The summed E-state index contributed by atoms with van der Waals surface area (Å²) in [5.41, 5.74) is 0. The van der Waals surface area contributed by atoms with E-state index in [2.05, 4.69) is 27.7 Å². The topological polar surface area (TPSA) is 74.2 Å². The lowest BCUT2D eigenvalue weighted by molar-refractivity contribution is -0.281. The van der Waals surface area contributed by atoms with Crippen LogP contribution in [-0.2, 0) is 23.7 Å². The Morgan fingerprint density at radius 3 is 2.08 bits per heavy atom. The monoisotopic (exact) mass is 358 g/mol. The van der Waals surface area contributed by atoms with E-state index in [1.165, 1.54) is 7.11 Å². The molecule has 4 unspecified atom stereocenters. The van der Waals surface area contributed by atoms with Crippen molar-refractivity contribution in [1.82, 2.24) is 0 Å². The van der Waals surface area contributed by atoms with E-state index in [4.69, 9.17) is 18.9 Å². The molecule has 10 atom stereocenters. The Kier molecular flexibility index (Phi) is 6.87. The number of aliphatic hydroxyl groups excluding tert-OH is 1. The normalized spacial score (nSPS) is 48.2. The summed E-state index contributed by atoms with van der Waals surface area (Å²) in [5.74, 6) is 0.817. The molecule has 0 radical (unpaired) electrons. The standard InChI is InChI=1S/C19H34O6/c1-9-11(3)15(24-17(20)13(9)5)8-23-19-14(6)10(2)12(4)16(25-19)18(21)22-7/h9-17,19-20H,8H2,1-7H3/t9-,10-,11-,12-,13?,14?,15?,16?,17-,19-/m0/s1. The number of ether oxygens (including phenoxy) is 4. The molecule has 1 N–H and O–H groups in total. The molecule has 2 aliphatic rings. The number of methoxy groups -OCH3 is 1.